The standard InChI is InChI=1S/C10H16N4O2/c1-2-16-6-4-8-7-3-5-12-9(7)14(13-8)10(11)15/h12H,2-6H2,1H3,(H2,11,15). The third kappa shape index (κ3) is 1.88. The number of aromatic nitrogens is 2. The molecule has 6 nitrogen and oxygen atoms in total. The van der Waals surface area contributed by atoms with Crippen molar-refractivity contribution in [2.75, 3.05) is 25.1 Å². The SMILES string of the molecule is CCOCCc1nn(C(N)=O)c2c1CCN2. The van der Waals surface area contributed by atoms with Gasteiger partial charge >= 0.3 is 6.03 Å². The Kier molecular flexibility index (Phi) is 3.09. The molecule has 0 aliphatic carbocycles. The smallest absolute Gasteiger partial charge is 0.341 e. The van der Waals surface area contributed by atoms with Crippen molar-refractivity contribution in [1.29, 1.82) is 0 Å². The summed E-state index contributed by atoms with van der Waals surface area (Å²) in [7, 11) is 0. The number of rotatable bonds is 4. The normalized spacial score (nSPS) is 13.6. The van der Waals surface area contributed by atoms with Crippen molar-refractivity contribution < 1.29 is 9.53 Å². The van der Waals surface area contributed by atoms with E-state index in [0.29, 0.717) is 13.2 Å². The van der Waals surface area contributed by atoms with E-state index < -0.39 is 6.03 Å². The lowest BCUT2D eigenvalue weighted by molar-refractivity contribution is 0.150. The molecule has 0 bridgehead atoms. The summed E-state index contributed by atoms with van der Waals surface area (Å²) in [5.74, 6) is 0.749. The molecule has 0 saturated carbocycles. The van der Waals surface area contributed by atoms with Crippen molar-refractivity contribution in [3.8, 4) is 0 Å². The topological polar surface area (TPSA) is 82.2 Å². The number of hydrogen-bond donors (Lipinski definition) is 2. The Balaban J connectivity index is 2.19. The molecule has 2 heterocycles. The molecule has 6 heteroatoms. The van der Waals surface area contributed by atoms with Crippen molar-refractivity contribution in [1.82, 2.24) is 9.78 Å². The molecule has 1 aromatic rings. The van der Waals surface area contributed by atoms with Gasteiger partial charge in [-0.3, -0.25) is 0 Å². The number of fused-ring (bicyclic) bond motifs is 1. The van der Waals surface area contributed by atoms with Gasteiger partial charge in [0.25, 0.3) is 0 Å². The molecule has 3 N–H and O–H groups in total. The van der Waals surface area contributed by atoms with Gasteiger partial charge in [0.05, 0.1) is 12.3 Å². The number of hydrogen-bond acceptors (Lipinski definition) is 4. The van der Waals surface area contributed by atoms with E-state index in [0.717, 1.165) is 36.5 Å². The number of ether oxygens (including phenoxy) is 1. The van der Waals surface area contributed by atoms with Crippen LogP contribution in [0.2, 0.25) is 0 Å². The lowest BCUT2D eigenvalue weighted by atomic mass is 10.1. The van der Waals surface area contributed by atoms with Crippen LogP contribution >= 0.6 is 0 Å². The number of amides is 1. The predicted octanol–water partition coefficient (Wildman–Crippen LogP) is 0.357. The van der Waals surface area contributed by atoms with E-state index in [9.17, 15) is 4.79 Å². The molecule has 1 aromatic heterocycles. The maximum Gasteiger partial charge on any atom is 0.341 e. The molecule has 1 amide bonds. The van der Waals surface area contributed by atoms with E-state index in [1.54, 1.807) is 0 Å². The monoisotopic (exact) mass is 224 g/mol. The molecule has 0 radical (unpaired) electrons. The van der Waals surface area contributed by atoms with E-state index in [-0.39, 0.29) is 0 Å². The van der Waals surface area contributed by atoms with Gasteiger partial charge in [0.15, 0.2) is 0 Å². The van der Waals surface area contributed by atoms with Crippen molar-refractivity contribution >= 4 is 11.8 Å². The van der Waals surface area contributed by atoms with Gasteiger partial charge in [0.2, 0.25) is 0 Å². The van der Waals surface area contributed by atoms with Crippen LogP contribution < -0.4 is 11.1 Å². The summed E-state index contributed by atoms with van der Waals surface area (Å²) in [4.78, 5) is 11.2. The second kappa shape index (κ2) is 4.52. The van der Waals surface area contributed by atoms with E-state index >= 15 is 0 Å². The summed E-state index contributed by atoms with van der Waals surface area (Å²) in [6, 6.07) is -0.548. The fraction of sp³-hybridized carbons (Fsp3) is 0.600. The molecule has 16 heavy (non-hydrogen) atoms. The summed E-state index contributed by atoms with van der Waals surface area (Å²) in [6.07, 6.45) is 1.61. The quantitative estimate of drug-likeness (QED) is 0.723. The van der Waals surface area contributed by atoms with Gasteiger partial charge in [-0.05, 0) is 13.3 Å². The maximum atomic E-state index is 11.2. The van der Waals surface area contributed by atoms with Gasteiger partial charge in [-0.2, -0.15) is 9.78 Å². The van der Waals surface area contributed by atoms with E-state index in [1.165, 1.54) is 4.68 Å². The zero-order chi connectivity index (χ0) is 11.5. The largest absolute Gasteiger partial charge is 0.381 e. The third-order valence-electron chi connectivity index (χ3n) is 2.63. The fourth-order valence-corrected chi connectivity index (χ4v) is 1.92. The van der Waals surface area contributed by atoms with Crippen molar-refractivity contribution in [3.63, 3.8) is 0 Å². The van der Waals surface area contributed by atoms with Crippen molar-refractivity contribution in [2.24, 2.45) is 5.73 Å². The van der Waals surface area contributed by atoms with Crippen LogP contribution in [0.15, 0.2) is 0 Å². The number of primary amides is 1. The summed E-state index contributed by atoms with van der Waals surface area (Å²) >= 11 is 0. The molecule has 0 fully saturated rings. The minimum Gasteiger partial charge on any atom is -0.381 e. The van der Waals surface area contributed by atoms with Gasteiger partial charge in [0, 0.05) is 25.1 Å². The van der Waals surface area contributed by atoms with Crippen LogP contribution in [0, 0.1) is 0 Å². The maximum absolute atomic E-state index is 11.2. The summed E-state index contributed by atoms with van der Waals surface area (Å²) in [6.45, 7) is 4.10. The summed E-state index contributed by atoms with van der Waals surface area (Å²) in [5, 5.41) is 7.32. The van der Waals surface area contributed by atoms with Crippen LogP contribution in [0.3, 0.4) is 0 Å². The third-order valence-corrected chi connectivity index (χ3v) is 2.63. The Morgan fingerprint density at radius 2 is 2.50 bits per heavy atom. The molecule has 1 aliphatic heterocycles. The number of carbonyl (C=O) groups excluding carboxylic acids is 1. The second-order valence-corrected chi connectivity index (χ2v) is 3.65. The zero-order valence-electron chi connectivity index (χ0n) is 9.32. The highest BCUT2D eigenvalue weighted by atomic mass is 16.5. The summed E-state index contributed by atoms with van der Waals surface area (Å²) < 4.78 is 6.52. The Hall–Kier alpha value is -1.56. The highest BCUT2D eigenvalue weighted by Gasteiger charge is 2.23. The van der Waals surface area contributed by atoms with Crippen LogP contribution in [0.5, 0.6) is 0 Å². The Morgan fingerprint density at radius 3 is 3.19 bits per heavy atom. The Bertz CT molecular complexity index is 400. The molecule has 1 aliphatic rings. The van der Waals surface area contributed by atoms with Gasteiger partial charge in [-0.25, -0.2) is 4.79 Å². The molecule has 88 valence electrons. The molecule has 2 rings (SSSR count). The average molecular weight is 224 g/mol. The first-order chi connectivity index (χ1) is 7.74. The highest BCUT2D eigenvalue weighted by molar-refractivity contribution is 5.79. The molecular formula is C10H16N4O2. The van der Waals surface area contributed by atoms with Crippen molar-refractivity contribution in [2.45, 2.75) is 19.8 Å². The Labute approximate surface area is 93.8 Å². The van der Waals surface area contributed by atoms with Crippen LogP contribution in [0.4, 0.5) is 10.6 Å². The van der Waals surface area contributed by atoms with Crippen LogP contribution in [-0.2, 0) is 17.6 Å². The first-order valence-corrected chi connectivity index (χ1v) is 5.46. The van der Waals surface area contributed by atoms with Gasteiger partial charge in [-0.15, -0.1) is 0 Å². The van der Waals surface area contributed by atoms with Gasteiger partial charge in [-0.1, -0.05) is 0 Å². The van der Waals surface area contributed by atoms with Crippen LogP contribution in [0.25, 0.3) is 0 Å². The second-order valence-electron chi connectivity index (χ2n) is 3.65. The van der Waals surface area contributed by atoms with Gasteiger partial charge in [0.1, 0.15) is 5.82 Å². The number of nitrogens with one attached hydrogen (secondary N) is 1. The number of carbonyl (C=O) groups is 1. The minimum atomic E-state index is -0.548. The first-order valence-electron chi connectivity index (χ1n) is 5.46. The van der Waals surface area contributed by atoms with E-state index in [2.05, 4.69) is 10.4 Å². The highest BCUT2D eigenvalue weighted by Crippen LogP contribution is 2.25. The molecule has 0 spiro atoms. The first kappa shape index (κ1) is 10.9. The molecule has 0 aromatic carbocycles. The van der Waals surface area contributed by atoms with Gasteiger partial charge < -0.3 is 15.8 Å². The lowest BCUT2D eigenvalue weighted by Gasteiger charge is -2.00. The van der Waals surface area contributed by atoms with Crippen LogP contribution in [-0.4, -0.2) is 35.6 Å². The minimum absolute atomic E-state index is 0.548. The number of nitrogens with two attached hydrogens (primary N) is 1. The molecule has 0 saturated heterocycles. The van der Waals surface area contributed by atoms with E-state index in [1.807, 2.05) is 6.92 Å². The average Bonchev–Trinajstić information content (AvgIpc) is 2.80. The predicted molar refractivity (Wildman–Crippen MR) is 59.6 cm³/mol. The Morgan fingerprint density at radius 1 is 1.69 bits per heavy atom. The molecule has 0 atom stereocenters. The number of anilines is 1. The zero-order valence-corrected chi connectivity index (χ0v) is 9.32. The lowest BCUT2D eigenvalue weighted by Crippen LogP contribution is -2.22. The van der Waals surface area contributed by atoms with Crippen LogP contribution in [0.1, 0.15) is 18.2 Å². The molecular weight excluding hydrogens is 208 g/mol. The van der Waals surface area contributed by atoms with E-state index in [4.69, 9.17) is 10.5 Å². The number of nitrogens with zero attached hydrogens (tertiary/aromatic N) is 2. The fourth-order valence-electron chi connectivity index (χ4n) is 1.92. The van der Waals surface area contributed by atoms with Crippen molar-refractivity contribution in [3.05, 3.63) is 11.3 Å². The molecule has 0 unspecified atom stereocenters. The summed E-state index contributed by atoms with van der Waals surface area (Å²) in [5.41, 5.74) is 7.25.